The van der Waals surface area contributed by atoms with E-state index in [-0.39, 0.29) is 5.75 Å². The summed E-state index contributed by atoms with van der Waals surface area (Å²) in [6, 6.07) is 7.35. The van der Waals surface area contributed by atoms with Gasteiger partial charge in [0.05, 0.1) is 12.9 Å². The summed E-state index contributed by atoms with van der Waals surface area (Å²) in [5.41, 5.74) is 0.270. The number of nitrogens with two attached hydrogens (primary N) is 1. The van der Waals surface area contributed by atoms with Gasteiger partial charge in [-0.1, -0.05) is 32.0 Å². The van der Waals surface area contributed by atoms with E-state index in [0.29, 0.717) is 5.75 Å². The van der Waals surface area contributed by atoms with Crippen LogP contribution in [-0.2, 0) is 15.4 Å². The van der Waals surface area contributed by atoms with E-state index >= 15 is 0 Å². The van der Waals surface area contributed by atoms with Crippen LogP contribution in [0.4, 0.5) is 0 Å². The molecule has 2 N–H and O–H groups in total. The van der Waals surface area contributed by atoms with E-state index < -0.39 is 15.4 Å². The minimum Gasteiger partial charge on any atom is -0.496 e. The lowest BCUT2D eigenvalue weighted by Crippen LogP contribution is -2.32. The molecule has 0 spiro atoms. The van der Waals surface area contributed by atoms with Gasteiger partial charge in [0.25, 0.3) is 0 Å². The molecule has 0 atom stereocenters. The molecule has 1 aromatic carbocycles. The molecule has 1 aromatic rings. The van der Waals surface area contributed by atoms with Crippen LogP contribution in [0, 0.1) is 0 Å². The fourth-order valence-corrected chi connectivity index (χ4v) is 2.95. The van der Waals surface area contributed by atoms with Crippen molar-refractivity contribution in [1.82, 2.24) is 0 Å². The predicted octanol–water partition coefficient (Wildman–Crippen LogP) is 1.26. The summed E-state index contributed by atoms with van der Waals surface area (Å²) in [6.07, 6.45) is 0. The summed E-state index contributed by atoms with van der Waals surface area (Å²) in [7, 11) is -1.95. The Kier molecular flexibility index (Phi) is 3.60. The van der Waals surface area contributed by atoms with Gasteiger partial charge in [-0.3, -0.25) is 0 Å². The molecule has 0 saturated carbocycles. The van der Waals surface area contributed by atoms with Crippen LogP contribution in [0.5, 0.6) is 5.75 Å². The van der Waals surface area contributed by atoms with E-state index in [4.69, 9.17) is 9.88 Å². The van der Waals surface area contributed by atoms with Crippen LogP contribution >= 0.6 is 0 Å². The molecule has 0 radical (unpaired) electrons. The van der Waals surface area contributed by atoms with E-state index in [0.717, 1.165) is 5.56 Å². The lowest BCUT2D eigenvalue weighted by Gasteiger charge is -2.25. The topological polar surface area (TPSA) is 69.4 Å². The number of rotatable bonds is 4. The van der Waals surface area contributed by atoms with E-state index in [1.165, 1.54) is 0 Å². The van der Waals surface area contributed by atoms with Crippen molar-refractivity contribution in [3.63, 3.8) is 0 Å². The first kappa shape index (κ1) is 13.0. The number of para-hydroxylation sites is 1. The molecular weight excluding hydrogens is 226 g/mol. The molecule has 4 nitrogen and oxygen atoms in total. The zero-order valence-corrected chi connectivity index (χ0v) is 10.5. The lowest BCUT2D eigenvalue weighted by molar-refractivity contribution is 0.397. The van der Waals surface area contributed by atoms with Gasteiger partial charge < -0.3 is 4.74 Å². The monoisotopic (exact) mass is 243 g/mol. The number of hydrogen-bond acceptors (Lipinski definition) is 3. The van der Waals surface area contributed by atoms with Crippen molar-refractivity contribution >= 4 is 10.0 Å². The molecule has 0 saturated heterocycles. The summed E-state index contributed by atoms with van der Waals surface area (Å²) >= 11 is 0. The molecule has 0 amide bonds. The number of primary sulfonamides is 1. The molecule has 0 unspecified atom stereocenters. The summed E-state index contributed by atoms with van der Waals surface area (Å²) < 4.78 is 27.5. The van der Waals surface area contributed by atoms with Gasteiger partial charge in [-0.05, 0) is 6.07 Å². The van der Waals surface area contributed by atoms with Gasteiger partial charge >= 0.3 is 0 Å². The number of methoxy groups -OCH3 is 1. The maximum atomic E-state index is 11.2. The van der Waals surface area contributed by atoms with Crippen LogP contribution in [0.15, 0.2) is 24.3 Å². The second-order valence-electron chi connectivity index (χ2n) is 4.39. The van der Waals surface area contributed by atoms with Gasteiger partial charge in [0, 0.05) is 11.0 Å². The molecule has 0 aliphatic heterocycles. The highest BCUT2D eigenvalue weighted by Gasteiger charge is 2.28. The van der Waals surface area contributed by atoms with Crippen LogP contribution in [0.3, 0.4) is 0 Å². The fourth-order valence-electron chi connectivity index (χ4n) is 1.78. The normalized spacial score (nSPS) is 12.5. The van der Waals surface area contributed by atoms with E-state index in [1.807, 2.05) is 32.0 Å². The average molecular weight is 243 g/mol. The summed E-state index contributed by atoms with van der Waals surface area (Å²) in [5.74, 6) is 0.566. The van der Waals surface area contributed by atoms with Crippen LogP contribution in [0.1, 0.15) is 19.4 Å². The maximum absolute atomic E-state index is 11.2. The molecule has 0 bridgehead atoms. The highest BCUT2D eigenvalue weighted by molar-refractivity contribution is 7.89. The molecule has 0 aliphatic carbocycles. The third-order valence-electron chi connectivity index (χ3n) is 2.40. The molecule has 0 heterocycles. The van der Waals surface area contributed by atoms with Crippen molar-refractivity contribution in [2.24, 2.45) is 5.14 Å². The first-order chi connectivity index (χ1) is 7.26. The highest BCUT2D eigenvalue weighted by atomic mass is 32.2. The molecule has 16 heavy (non-hydrogen) atoms. The Balaban J connectivity index is 3.16. The zero-order valence-electron chi connectivity index (χ0n) is 9.73. The Morgan fingerprint density at radius 3 is 2.38 bits per heavy atom. The molecule has 1 rings (SSSR count). The third-order valence-corrected chi connectivity index (χ3v) is 3.52. The van der Waals surface area contributed by atoms with Crippen LogP contribution < -0.4 is 9.88 Å². The van der Waals surface area contributed by atoms with Gasteiger partial charge in [-0.15, -0.1) is 0 Å². The number of hydrogen-bond donors (Lipinski definition) is 1. The smallest absolute Gasteiger partial charge is 0.209 e. The number of ether oxygens (including phenoxy) is 1. The quantitative estimate of drug-likeness (QED) is 0.865. The summed E-state index contributed by atoms with van der Waals surface area (Å²) in [5, 5.41) is 5.08. The summed E-state index contributed by atoms with van der Waals surface area (Å²) in [4.78, 5) is 0. The van der Waals surface area contributed by atoms with Crippen molar-refractivity contribution < 1.29 is 13.2 Å². The minimum absolute atomic E-state index is 0.111. The maximum Gasteiger partial charge on any atom is 0.209 e. The zero-order chi connectivity index (χ0) is 12.4. The SMILES string of the molecule is COc1ccccc1C(C)(C)CS(N)(=O)=O. The predicted molar refractivity (Wildman–Crippen MR) is 64.0 cm³/mol. The molecule has 90 valence electrons. The Bertz CT molecular complexity index is 466. The van der Waals surface area contributed by atoms with E-state index in [1.54, 1.807) is 13.2 Å². The van der Waals surface area contributed by atoms with E-state index in [9.17, 15) is 8.42 Å². The lowest BCUT2D eigenvalue weighted by atomic mass is 9.86. The highest BCUT2D eigenvalue weighted by Crippen LogP contribution is 2.31. The van der Waals surface area contributed by atoms with Gasteiger partial charge in [0.15, 0.2) is 0 Å². The molecule has 0 aromatic heterocycles. The van der Waals surface area contributed by atoms with Crippen LogP contribution in [-0.4, -0.2) is 21.3 Å². The number of benzene rings is 1. The largest absolute Gasteiger partial charge is 0.496 e. The van der Waals surface area contributed by atoms with Gasteiger partial charge in [0.2, 0.25) is 10.0 Å². The molecular formula is C11H17NO3S. The Morgan fingerprint density at radius 1 is 1.31 bits per heavy atom. The van der Waals surface area contributed by atoms with Crippen molar-refractivity contribution in [3.8, 4) is 5.75 Å². The van der Waals surface area contributed by atoms with Crippen LogP contribution in [0.25, 0.3) is 0 Å². The van der Waals surface area contributed by atoms with Crippen LogP contribution in [0.2, 0.25) is 0 Å². The van der Waals surface area contributed by atoms with Crippen molar-refractivity contribution in [1.29, 1.82) is 0 Å². The van der Waals surface area contributed by atoms with Crippen molar-refractivity contribution in [3.05, 3.63) is 29.8 Å². The molecule has 5 heteroatoms. The van der Waals surface area contributed by atoms with E-state index in [2.05, 4.69) is 0 Å². The fraction of sp³-hybridized carbons (Fsp3) is 0.455. The number of sulfonamides is 1. The Labute approximate surface area is 96.5 Å². The third kappa shape index (κ3) is 3.21. The first-order valence-electron chi connectivity index (χ1n) is 4.90. The Hall–Kier alpha value is -1.07. The van der Waals surface area contributed by atoms with Crippen molar-refractivity contribution in [2.75, 3.05) is 12.9 Å². The first-order valence-corrected chi connectivity index (χ1v) is 6.62. The Morgan fingerprint density at radius 2 is 1.88 bits per heavy atom. The van der Waals surface area contributed by atoms with Crippen molar-refractivity contribution in [2.45, 2.75) is 19.3 Å². The second-order valence-corrected chi connectivity index (χ2v) is 6.01. The average Bonchev–Trinajstić information content (AvgIpc) is 2.14. The molecule has 0 fully saturated rings. The van der Waals surface area contributed by atoms with Gasteiger partial charge in [-0.2, -0.15) is 0 Å². The molecule has 0 aliphatic rings. The van der Waals surface area contributed by atoms with Gasteiger partial charge in [-0.25, -0.2) is 13.6 Å². The second kappa shape index (κ2) is 4.43. The minimum atomic E-state index is -3.51. The standard InChI is InChI=1S/C11H17NO3S/c1-11(2,8-16(12,13)14)9-6-4-5-7-10(9)15-3/h4-7H,8H2,1-3H3,(H2,12,13,14). The summed E-state index contributed by atoms with van der Waals surface area (Å²) in [6.45, 7) is 3.66. The van der Waals surface area contributed by atoms with Gasteiger partial charge in [0.1, 0.15) is 5.75 Å².